The number of ether oxygens (including phenoxy) is 1. The largest absolute Gasteiger partial charge is 0.450 e. The average Bonchev–Trinajstić information content (AvgIpc) is 2.38. The summed E-state index contributed by atoms with van der Waals surface area (Å²) >= 11 is 5.23. The maximum Gasteiger partial charge on any atom is 0.404 e. The normalized spacial score (nSPS) is 40.7. The third-order valence-corrected chi connectivity index (χ3v) is 4.13. The maximum atomic E-state index is 10.6. The fourth-order valence-electron chi connectivity index (χ4n) is 3.21. The Hall–Kier alpha value is -0.240. The van der Waals surface area contributed by atoms with Crippen LogP contribution >= 0.6 is 11.6 Å². The van der Waals surface area contributed by atoms with Gasteiger partial charge in [-0.15, -0.1) is 0 Å². The highest BCUT2D eigenvalue weighted by atomic mass is 35.5. The van der Waals surface area contributed by atoms with Gasteiger partial charge in [0.15, 0.2) is 0 Å². The molecule has 3 atom stereocenters. The van der Waals surface area contributed by atoms with E-state index in [9.17, 15) is 4.79 Å². The second-order valence-electron chi connectivity index (χ2n) is 4.83. The van der Waals surface area contributed by atoms with Gasteiger partial charge >= 0.3 is 5.43 Å². The van der Waals surface area contributed by atoms with Crippen LogP contribution in [0.5, 0.6) is 0 Å². The molecule has 0 N–H and O–H groups in total. The van der Waals surface area contributed by atoms with E-state index in [1.165, 1.54) is 12.8 Å². The summed E-state index contributed by atoms with van der Waals surface area (Å²) in [6, 6.07) is 0. The zero-order chi connectivity index (χ0) is 9.64. The first-order chi connectivity index (χ1) is 6.01. The Morgan fingerprint density at radius 3 is 2.54 bits per heavy atom. The molecule has 2 fully saturated rings. The van der Waals surface area contributed by atoms with Crippen LogP contribution in [0.25, 0.3) is 0 Å². The predicted octanol–water partition coefficient (Wildman–Crippen LogP) is 3.19. The summed E-state index contributed by atoms with van der Waals surface area (Å²) in [6.45, 7) is 4.55. The molecule has 2 bridgehead atoms. The first kappa shape index (κ1) is 9.32. The van der Waals surface area contributed by atoms with Crippen LogP contribution in [0.1, 0.15) is 33.1 Å². The highest BCUT2D eigenvalue weighted by Crippen LogP contribution is 2.58. The average molecular weight is 203 g/mol. The molecule has 3 heteroatoms. The molecular weight excluding hydrogens is 188 g/mol. The molecule has 0 heterocycles. The van der Waals surface area contributed by atoms with Gasteiger partial charge in [0.05, 0.1) is 0 Å². The molecule has 0 aliphatic heterocycles. The van der Waals surface area contributed by atoms with Crippen molar-refractivity contribution in [2.75, 3.05) is 0 Å². The van der Waals surface area contributed by atoms with E-state index in [1.54, 1.807) is 0 Å². The van der Waals surface area contributed by atoms with Crippen molar-refractivity contribution in [1.29, 1.82) is 0 Å². The summed E-state index contributed by atoms with van der Waals surface area (Å²) in [4.78, 5) is 10.6. The van der Waals surface area contributed by atoms with Crippen LogP contribution in [-0.4, -0.2) is 11.5 Å². The lowest BCUT2D eigenvalue weighted by atomic mass is 9.82. The van der Waals surface area contributed by atoms with Gasteiger partial charge in [-0.3, -0.25) is 0 Å². The Kier molecular flexibility index (Phi) is 2.06. The molecule has 0 saturated heterocycles. The summed E-state index contributed by atoms with van der Waals surface area (Å²) < 4.78 is 5.11. The van der Waals surface area contributed by atoms with E-state index in [0.717, 1.165) is 12.3 Å². The molecule has 2 aliphatic rings. The Balaban J connectivity index is 2.09. The molecule has 0 spiro atoms. The lowest BCUT2D eigenvalue weighted by Crippen LogP contribution is -2.25. The summed E-state index contributed by atoms with van der Waals surface area (Å²) in [5.41, 5.74) is -0.301. The van der Waals surface area contributed by atoms with Gasteiger partial charge in [-0.25, -0.2) is 4.79 Å². The first-order valence-corrected chi connectivity index (χ1v) is 5.25. The SMILES string of the molecule is CC1(C)[C@H]2CC[C@@H]1[C@@H](OC(=O)Cl)C2. The topological polar surface area (TPSA) is 26.3 Å². The summed E-state index contributed by atoms with van der Waals surface area (Å²) in [5, 5.41) is 0. The number of rotatable bonds is 1. The zero-order valence-electron chi connectivity index (χ0n) is 8.05. The predicted molar refractivity (Wildman–Crippen MR) is 50.7 cm³/mol. The van der Waals surface area contributed by atoms with Crippen LogP contribution in [0, 0.1) is 17.3 Å². The van der Waals surface area contributed by atoms with Gasteiger partial charge in [0.2, 0.25) is 0 Å². The van der Waals surface area contributed by atoms with Crippen molar-refractivity contribution < 1.29 is 9.53 Å². The third-order valence-electron chi connectivity index (χ3n) is 4.04. The third kappa shape index (κ3) is 1.35. The van der Waals surface area contributed by atoms with Crippen LogP contribution in [0.2, 0.25) is 0 Å². The summed E-state index contributed by atoms with van der Waals surface area (Å²) in [6.07, 6.45) is 3.56. The van der Waals surface area contributed by atoms with E-state index in [0.29, 0.717) is 11.3 Å². The van der Waals surface area contributed by atoms with Gasteiger partial charge in [-0.2, -0.15) is 0 Å². The van der Waals surface area contributed by atoms with Crippen LogP contribution in [0.4, 0.5) is 4.79 Å². The Morgan fingerprint density at radius 2 is 2.15 bits per heavy atom. The summed E-state index contributed by atoms with van der Waals surface area (Å²) in [7, 11) is 0. The molecule has 0 amide bonds. The Bertz CT molecular complexity index is 237. The second-order valence-corrected chi connectivity index (χ2v) is 5.14. The van der Waals surface area contributed by atoms with Crippen LogP contribution in [-0.2, 0) is 4.74 Å². The van der Waals surface area contributed by atoms with Gasteiger partial charge in [0.1, 0.15) is 6.10 Å². The monoisotopic (exact) mass is 202 g/mol. The molecule has 0 unspecified atom stereocenters. The van der Waals surface area contributed by atoms with Gasteiger partial charge in [-0.05, 0) is 30.6 Å². The summed E-state index contributed by atoms with van der Waals surface area (Å²) in [5.74, 6) is 1.25. The molecule has 0 aromatic heterocycles. The van der Waals surface area contributed by atoms with E-state index in [1.807, 2.05) is 0 Å². The van der Waals surface area contributed by atoms with Crippen molar-refractivity contribution in [1.82, 2.24) is 0 Å². The molecule has 13 heavy (non-hydrogen) atoms. The van der Waals surface area contributed by atoms with Crippen LogP contribution in [0.3, 0.4) is 0 Å². The van der Waals surface area contributed by atoms with Crippen molar-refractivity contribution in [2.24, 2.45) is 17.3 Å². The minimum absolute atomic E-state index is 0.0822. The zero-order valence-corrected chi connectivity index (χ0v) is 8.80. The Labute approximate surface area is 83.6 Å². The van der Waals surface area contributed by atoms with Gasteiger partial charge in [-0.1, -0.05) is 13.8 Å². The van der Waals surface area contributed by atoms with E-state index in [-0.39, 0.29) is 6.10 Å². The van der Waals surface area contributed by atoms with Gasteiger partial charge in [0.25, 0.3) is 0 Å². The van der Waals surface area contributed by atoms with E-state index >= 15 is 0 Å². The van der Waals surface area contributed by atoms with Crippen molar-refractivity contribution in [3.05, 3.63) is 0 Å². The number of carbonyl (C=O) groups excluding carboxylic acids is 1. The number of carbonyl (C=O) groups is 1. The lowest BCUT2D eigenvalue weighted by molar-refractivity contribution is 0.0718. The van der Waals surface area contributed by atoms with Gasteiger partial charge in [0, 0.05) is 17.5 Å². The number of halogens is 1. The van der Waals surface area contributed by atoms with Crippen molar-refractivity contribution >= 4 is 17.0 Å². The molecule has 2 nitrogen and oxygen atoms in total. The molecule has 0 radical (unpaired) electrons. The van der Waals surface area contributed by atoms with Crippen molar-refractivity contribution in [3.8, 4) is 0 Å². The number of hydrogen-bond acceptors (Lipinski definition) is 2. The fraction of sp³-hybridized carbons (Fsp3) is 0.900. The van der Waals surface area contributed by atoms with Crippen molar-refractivity contribution in [3.63, 3.8) is 0 Å². The molecule has 2 saturated carbocycles. The van der Waals surface area contributed by atoms with Crippen LogP contribution < -0.4 is 0 Å². The van der Waals surface area contributed by atoms with Gasteiger partial charge < -0.3 is 4.74 Å². The molecule has 0 aromatic carbocycles. The quantitative estimate of drug-likeness (QED) is 0.611. The second kappa shape index (κ2) is 2.88. The molecule has 2 aliphatic carbocycles. The highest BCUT2D eigenvalue weighted by Gasteiger charge is 2.54. The van der Waals surface area contributed by atoms with E-state index in [2.05, 4.69) is 13.8 Å². The lowest BCUT2D eigenvalue weighted by Gasteiger charge is -2.25. The Morgan fingerprint density at radius 1 is 1.46 bits per heavy atom. The molecule has 2 rings (SSSR count). The molecular formula is C10H15ClO2. The smallest absolute Gasteiger partial charge is 0.404 e. The van der Waals surface area contributed by atoms with E-state index in [4.69, 9.17) is 16.3 Å². The standard InChI is InChI=1S/C10H15ClO2/c1-10(2)6-3-4-7(10)8(5-6)13-9(11)12/h6-8H,3-5H2,1-2H3/t6-,7+,8-/m0/s1. The first-order valence-electron chi connectivity index (χ1n) is 4.88. The minimum atomic E-state index is -0.645. The van der Waals surface area contributed by atoms with Crippen LogP contribution in [0.15, 0.2) is 0 Å². The molecule has 74 valence electrons. The van der Waals surface area contributed by atoms with Crippen molar-refractivity contribution in [2.45, 2.75) is 39.2 Å². The maximum absolute atomic E-state index is 10.6. The number of fused-ring (bicyclic) bond motifs is 2. The number of hydrogen-bond donors (Lipinski definition) is 0. The minimum Gasteiger partial charge on any atom is -0.450 e. The highest BCUT2D eigenvalue weighted by molar-refractivity contribution is 6.61. The molecule has 0 aromatic rings. The fourth-order valence-corrected chi connectivity index (χ4v) is 3.32. The van der Waals surface area contributed by atoms with E-state index < -0.39 is 5.43 Å².